The summed E-state index contributed by atoms with van der Waals surface area (Å²) in [4.78, 5) is 0. The Labute approximate surface area is 194 Å². The summed E-state index contributed by atoms with van der Waals surface area (Å²) in [6, 6.07) is 0. The molecule has 0 saturated heterocycles. The Hall–Kier alpha value is 0.260. The van der Waals surface area contributed by atoms with Crippen molar-refractivity contribution in [3.8, 4) is 0 Å². The van der Waals surface area contributed by atoms with Crippen molar-refractivity contribution in [1.82, 2.24) is 0 Å². The van der Waals surface area contributed by atoms with Gasteiger partial charge in [-0.05, 0) is 68.6 Å². The summed E-state index contributed by atoms with van der Waals surface area (Å²) in [6.07, 6.45) is 22.5. The maximum absolute atomic E-state index is 11.3. The summed E-state index contributed by atoms with van der Waals surface area (Å²) in [6.45, 7) is 12.4. The Kier molecular flexibility index (Phi) is 20.1. The van der Waals surface area contributed by atoms with Crippen LogP contribution in [-0.2, 0) is 8.87 Å². The number of rotatable bonds is 23. The Bertz CT molecular complexity index is 434. The van der Waals surface area contributed by atoms with E-state index in [-0.39, 0.29) is 0 Å². The van der Waals surface area contributed by atoms with E-state index in [1.807, 2.05) is 0 Å². The van der Waals surface area contributed by atoms with E-state index >= 15 is 0 Å². The van der Waals surface area contributed by atoms with Gasteiger partial charge in [0.2, 0.25) is 0 Å². The van der Waals surface area contributed by atoms with Gasteiger partial charge in [-0.3, -0.25) is 0 Å². The minimum Gasteiger partial charge on any atom is -0.324 e. The predicted octanol–water partition coefficient (Wildman–Crippen LogP) is 7.80. The lowest BCUT2D eigenvalue weighted by Gasteiger charge is -2.39. The van der Waals surface area contributed by atoms with E-state index in [4.69, 9.17) is 0 Å². The van der Waals surface area contributed by atoms with Crippen LogP contribution in [0.5, 0.6) is 0 Å². The SMILES string of the molecule is CCCCCC[N+](CCCCCC)(CCCCCC)CCCCCCSS(C)(=O)=O. The first-order chi connectivity index (χ1) is 14.4. The number of nitrogens with zero attached hydrogens (tertiary/aromatic N) is 1. The molecule has 0 rings (SSSR count). The third-order valence-corrected chi connectivity index (χ3v) is 8.95. The highest BCUT2D eigenvalue weighted by Gasteiger charge is 2.25. The van der Waals surface area contributed by atoms with Gasteiger partial charge in [0, 0.05) is 12.0 Å². The van der Waals surface area contributed by atoms with Crippen LogP contribution < -0.4 is 0 Å². The summed E-state index contributed by atoms with van der Waals surface area (Å²) in [5.74, 6) is 0.754. The fourth-order valence-corrected chi connectivity index (χ4v) is 6.29. The molecular formula is C25H54NO2S2+. The van der Waals surface area contributed by atoms with Gasteiger partial charge in [0.15, 0.2) is 8.87 Å². The topological polar surface area (TPSA) is 34.1 Å². The van der Waals surface area contributed by atoms with Gasteiger partial charge in [0.25, 0.3) is 0 Å². The molecule has 0 amide bonds. The molecule has 0 aromatic heterocycles. The fourth-order valence-electron chi connectivity index (χ4n) is 4.41. The molecule has 0 aliphatic carbocycles. The van der Waals surface area contributed by atoms with Crippen LogP contribution in [0.25, 0.3) is 0 Å². The highest BCUT2D eigenvalue weighted by molar-refractivity contribution is 8.71. The lowest BCUT2D eigenvalue weighted by atomic mass is 10.1. The minimum atomic E-state index is -2.87. The van der Waals surface area contributed by atoms with Crippen molar-refractivity contribution >= 4 is 19.7 Å². The number of hydrogen-bond acceptors (Lipinski definition) is 3. The average molecular weight is 465 g/mol. The zero-order valence-electron chi connectivity index (χ0n) is 20.9. The van der Waals surface area contributed by atoms with Crippen molar-refractivity contribution in [2.45, 2.75) is 124 Å². The first kappa shape index (κ1) is 30.3. The van der Waals surface area contributed by atoms with E-state index in [1.54, 1.807) is 0 Å². The first-order valence-electron chi connectivity index (χ1n) is 13.1. The molecular weight excluding hydrogens is 410 g/mol. The highest BCUT2D eigenvalue weighted by atomic mass is 33.1. The van der Waals surface area contributed by atoms with Gasteiger partial charge in [-0.1, -0.05) is 65.7 Å². The normalized spacial score (nSPS) is 12.5. The second-order valence-corrected chi connectivity index (χ2v) is 13.9. The van der Waals surface area contributed by atoms with Crippen molar-refractivity contribution < 1.29 is 12.9 Å². The zero-order valence-corrected chi connectivity index (χ0v) is 22.6. The number of quaternary nitrogens is 1. The Morgan fingerprint density at radius 2 is 0.867 bits per heavy atom. The van der Waals surface area contributed by atoms with Gasteiger partial charge < -0.3 is 4.48 Å². The highest BCUT2D eigenvalue weighted by Crippen LogP contribution is 2.20. The van der Waals surface area contributed by atoms with Crippen LogP contribution >= 0.6 is 10.8 Å². The van der Waals surface area contributed by atoms with Crippen LogP contribution in [0.2, 0.25) is 0 Å². The molecule has 0 bridgehead atoms. The van der Waals surface area contributed by atoms with Crippen LogP contribution in [0.3, 0.4) is 0 Å². The van der Waals surface area contributed by atoms with E-state index in [0.29, 0.717) is 0 Å². The molecule has 0 atom stereocenters. The average Bonchev–Trinajstić information content (AvgIpc) is 2.70. The third-order valence-electron chi connectivity index (χ3n) is 6.28. The second kappa shape index (κ2) is 19.9. The molecule has 0 N–H and O–H groups in total. The van der Waals surface area contributed by atoms with Gasteiger partial charge in [0.05, 0.1) is 26.2 Å². The van der Waals surface area contributed by atoms with E-state index in [1.165, 1.54) is 133 Å². The van der Waals surface area contributed by atoms with Crippen molar-refractivity contribution in [1.29, 1.82) is 0 Å². The summed E-state index contributed by atoms with van der Waals surface area (Å²) in [5.41, 5.74) is 0. The largest absolute Gasteiger partial charge is 0.324 e. The van der Waals surface area contributed by atoms with E-state index in [9.17, 15) is 8.42 Å². The molecule has 0 spiro atoms. The van der Waals surface area contributed by atoms with Gasteiger partial charge in [0.1, 0.15) is 0 Å². The maximum atomic E-state index is 11.3. The molecule has 0 fully saturated rings. The van der Waals surface area contributed by atoms with Crippen LogP contribution in [0.15, 0.2) is 0 Å². The van der Waals surface area contributed by atoms with Gasteiger partial charge >= 0.3 is 0 Å². The van der Waals surface area contributed by atoms with Crippen LogP contribution in [-0.4, -0.2) is 51.1 Å². The molecule has 3 nitrogen and oxygen atoms in total. The molecule has 30 heavy (non-hydrogen) atoms. The molecule has 0 aromatic carbocycles. The van der Waals surface area contributed by atoms with Gasteiger partial charge in [-0.15, -0.1) is 0 Å². The monoisotopic (exact) mass is 464 g/mol. The molecule has 5 heteroatoms. The lowest BCUT2D eigenvalue weighted by molar-refractivity contribution is -0.929. The molecule has 0 aliphatic rings. The summed E-state index contributed by atoms with van der Waals surface area (Å²) < 4.78 is 23.9. The molecule has 0 saturated carbocycles. The van der Waals surface area contributed by atoms with Gasteiger partial charge in [-0.25, -0.2) is 8.42 Å². The molecule has 0 aliphatic heterocycles. The minimum absolute atomic E-state index is 0.754. The van der Waals surface area contributed by atoms with E-state index in [2.05, 4.69) is 20.8 Å². The third kappa shape index (κ3) is 19.0. The summed E-state index contributed by atoms with van der Waals surface area (Å²) >= 11 is 0. The van der Waals surface area contributed by atoms with Crippen LogP contribution in [0.1, 0.15) is 124 Å². The molecule has 0 radical (unpaired) electrons. The lowest BCUT2D eigenvalue weighted by Crippen LogP contribution is -2.50. The predicted molar refractivity (Wildman–Crippen MR) is 138 cm³/mol. The molecule has 182 valence electrons. The molecule has 0 unspecified atom stereocenters. The molecule has 0 aromatic rings. The molecule has 0 heterocycles. The second-order valence-electron chi connectivity index (χ2n) is 9.36. The Morgan fingerprint density at radius 3 is 1.20 bits per heavy atom. The number of unbranched alkanes of at least 4 members (excludes halogenated alkanes) is 12. The maximum Gasteiger partial charge on any atom is 0.198 e. The zero-order chi connectivity index (χ0) is 22.6. The number of hydrogen-bond donors (Lipinski definition) is 0. The van der Waals surface area contributed by atoms with Crippen LogP contribution in [0.4, 0.5) is 0 Å². The van der Waals surface area contributed by atoms with Crippen LogP contribution in [0, 0.1) is 0 Å². The van der Waals surface area contributed by atoms with Crippen molar-refractivity contribution in [2.75, 3.05) is 38.2 Å². The van der Waals surface area contributed by atoms with Crippen molar-refractivity contribution in [3.63, 3.8) is 0 Å². The van der Waals surface area contributed by atoms with E-state index < -0.39 is 8.87 Å². The van der Waals surface area contributed by atoms with Crippen molar-refractivity contribution in [3.05, 3.63) is 0 Å². The quantitative estimate of drug-likeness (QED) is 0.0878. The fraction of sp³-hybridized carbons (Fsp3) is 1.00. The van der Waals surface area contributed by atoms with E-state index in [0.717, 1.165) is 23.0 Å². The standard InChI is InChI=1S/C25H54NO2S2/c1-5-8-11-16-21-26(22-17-12-9-6-2,23-18-13-10-7-3)24-19-14-15-20-25-29-30(4,27)28/h5-25H2,1-4H3/q+1. The smallest absolute Gasteiger partial charge is 0.198 e. The van der Waals surface area contributed by atoms with Gasteiger partial charge in [-0.2, -0.15) is 0 Å². The first-order valence-corrected chi connectivity index (χ1v) is 16.5. The summed E-state index contributed by atoms with van der Waals surface area (Å²) in [5, 5.41) is 0. The van der Waals surface area contributed by atoms with Crippen molar-refractivity contribution in [2.24, 2.45) is 0 Å². The summed E-state index contributed by atoms with van der Waals surface area (Å²) in [7, 11) is -1.76. The Balaban J connectivity index is 4.63. The Morgan fingerprint density at radius 1 is 0.533 bits per heavy atom.